The van der Waals surface area contributed by atoms with E-state index in [1.54, 1.807) is 41.3 Å². The van der Waals surface area contributed by atoms with Crippen molar-refractivity contribution >= 4 is 27.6 Å². The molecule has 1 fully saturated rings. The van der Waals surface area contributed by atoms with Crippen molar-refractivity contribution in [2.75, 3.05) is 13.1 Å². The minimum absolute atomic E-state index is 0.0216. The molecule has 2 aromatic rings. The second kappa shape index (κ2) is 6.64. The molecule has 0 bridgehead atoms. The van der Waals surface area contributed by atoms with Crippen molar-refractivity contribution in [1.82, 2.24) is 4.90 Å². The van der Waals surface area contributed by atoms with Crippen LogP contribution < -0.4 is 5.73 Å². The lowest BCUT2D eigenvalue weighted by Crippen LogP contribution is -2.32. The van der Waals surface area contributed by atoms with Crippen LogP contribution in [0.4, 0.5) is 0 Å². The molecule has 0 unspecified atom stereocenters. The van der Waals surface area contributed by atoms with Crippen LogP contribution in [-0.4, -0.2) is 35.7 Å². The Morgan fingerprint density at radius 1 is 1.04 bits per heavy atom. The standard InChI is InChI=1S/C18H17BrN2O2/c19-13-7-5-12(6-8-13)17(22)15-3-1-2-4-16(15)18(23)21-10-9-14(20)11-21/h1-8,14H,9-11,20H2/t14-/m0/s1. The van der Waals surface area contributed by atoms with Gasteiger partial charge < -0.3 is 10.6 Å². The number of carbonyl (C=O) groups is 2. The Kier molecular flexibility index (Phi) is 4.59. The number of halogens is 1. The maximum Gasteiger partial charge on any atom is 0.254 e. The Labute approximate surface area is 143 Å². The number of nitrogens with two attached hydrogens (primary N) is 1. The first kappa shape index (κ1) is 15.9. The predicted octanol–water partition coefficient (Wildman–Crippen LogP) is 2.85. The van der Waals surface area contributed by atoms with Crippen molar-refractivity contribution in [2.45, 2.75) is 12.5 Å². The van der Waals surface area contributed by atoms with Crippen molar-refractivity contribution in [2.24, 2.45) is 5.73 Å². The molecule has 1 amide bonds. The highest BCUT2D eigenvalue weighted by atomic mass is 79.9. The van der Waals surface area contributed by atoms with E-state index in [1.807, 2.05) is 12.1 Å². The van der Waals surface area contributed by atoms with E-state index in [0.717, 1.165) is 10.9 Å². The first-order valence-corrected chi connectivity index (χ1v) is 8.29. The third kappa shape index (κ3) is 3.35. The summed E-state index contributed by atoms with van der Waals surface area (Å²) in [6.07, 6.45) is 0.800. The highest BCUT2D eigenvalue weighted by molar-refractivity contribution is 9.10. The lowest BCUT2D eigenvalue weighted by molar-refractivity contribution is 0.0786. The maximum absolute atomic E-state index is 12.8. The Morgan fingerprint density at radius 3 is 2.30 bits per heavy atom. The largest absolute Gasteiger partial charge is 0.337 e. The molecule has 1 aliphatic heterocycles. The van der Waals surface area contributed by atoms with E-state index in [-0.39, 0.29) is 17.7 Å². The fraction of sp³-hybridized carbons (Fsp3) is 0.222. The smallest absolute Gasteiger partial charge is 0.254 e. The summed E-state index contributed by atoms with van der Waals surface area (Å²) in [4.78, 5) is 27.2. The average molecular weight is 373 g/mol. The van der Waals surface area contributed by atoms with E-state index < -0.39 is 0 Å². The molecule has 118 valence electrons. The van der Waals surface area contributed by atoms with Gasteiger partial charge in [-0.05, 0) is 36.8 Å². The molecule has 0 saturated carbocycles. The summed E-state index contributed by atoms with van der Waals surface area (Å²) in [6.45, 7) is 1.18. The highest BCUT2D eigenvalue weighted by Gasteiger charge is 2.27. The van der Waals surface area contributed by atoms with E-state index >= 15 is 0 Å². The third-order valence-electron chi connectivity index (χ3n) is 4.02. The fourth-order valence-corrected chi connectivity index (χ4v) is 3.03. The van der Waals surface area contributed by atoms with Gasteiger partial charge >= 0.3 is 0 Å². The zero-order valence-electron chi connectivity index (χ0n) is 12.5. The second-order valence-corrected chi connectivity index (χ2v) is 6.60. The summed E-state index contributed by atoms with van der Waals surface area (Å²) in [5, 5.41) is 0. The monoisotopic (exact) mass is 372 g/mol. The summed E-state index contributed by atoms with van der Waals surface area (Å²) >= 11 is 3.35. The Balaban J connectivity index is 1.93. The van der Waals surface area contributed by atoms with Gasteiger partial charge in [-0.3, -0.25) is 9.59 Å². The Hall–Kier alpha value is -1.98. The number of amides is 1. The number of hydrogen-bond acceptors (Lipinski definition) is 3. The number of ketones is 1. The normalized spacial score (nSPS) is 17.3. The molecule has 23 heavy (non-hydrogen) atoms. The molecule has 1 heterocycles. The zero-order chi connectivity index (χ0) is 16.4. The van der Waals surface area contributed by atoms with Crippen LogP contribution in [0.1, 0.15) is 32.7 Å². The summed E-state index contributed by atoms with van der Waals surface area (Å²) in [6, 6.07) is 14.1. The van der Waals surface area contributed by atoms with E-state index in [4.69, 9.17) is 5.73 Å². The maximum atomic E-state index is 12.8. The van der Waals surface area contributed by atoms with Crippen LogP contribution >= 0.6 is 15.9 Å². The van der Waals surface area contributed by atoms with Gasteiger partial charge in [-0.2, -0.15) is 0 Å². The van der Waals surface area contributed by atoms with Crippen molar-refractivity contribution in [3.8, 4) is 0 Å². The SMILES string of the molecule is N[C@H]1CCN(C(=O)c2ccccc2C(=O)c2ccc(Br)cc2)C1. The number of carbonyl (C=O) groups excluding carboxylic acids is 2. The Bertz CT molecular complexity index is 743. The van der Waals surface area contributed by atoms with Gasteiger partial charge in [0.15, 0.2) is 5.78 Å². The van der Waals surface area contributed by atoms with Gasteiger partial charge in [0, 0.05) is 34.7 Å². The average Bonchev–Trinajstić information content (AvgIpc) is 3.01. The van der Waals surface area contributed by atoms with Gasteiger partial charge in [-0.25, -0.2) is 0 Å². The summed E-state index contributed by atoms with van der Waals surface area (Å²) in [7, 11) is 0. The second-order valence-electron chi connectivity index (χ2n) is 5.68. The summed E-state index contributed by atoms with van der Waals surface area (Å²) < 4.78 is 0.907. The van der Waals surface area contributed by atoms with Crippen LogP contribution in [0.2, 0.25) is 0 Å². The van der Waals surface area contributed by atoms with Crippen LogP contribution in [0.25, 0.3) is 0 Å². The molecule has 0 aromatic heterocycles. The van der Waals surface area contributed by atoms with Gasteiger partial charge in [-0.1, -0.05) is 34.1 Å². The number of benzene rings is 2. The van der Waals surface area contributed by atoms with E-state index in [0.29, 0.717) is 29.8 Å². The van der Waals surface area contributed by atoms with Crippen LogP contribution in [0.15, 0.2) is 53.0 Å². The van der Waals surface area contributed by atoms with Crippen molar-refractivity contribution in [3.05, 3.63) is 69.7 Å². The summed E-state index contributed by atoms with van der Waals surface area (Å²) in [5.41, 5.74) is 7.31. The van der Waals surface area contributed by atoms with Crippen LogP contribution in [0.3, 0.4) is 0 Å². The van der Waals surface area contributed by atoms with E-state index in [2.05, 4.69) is 15.9 Å². The topological polar surface area (TPSA) is 63.4 Å². The van der Waals surface area contributed by atoms with Gasteiger partial charge in [0.25, 0.3) is 5.91 Å². The van der Waals surface area contributed by atoms with Gasteiger partial charge in [0.2, 0.25) is 0 Å². The minimum Gasteiger partial charge on any atom is -0.337 e. The Morgan fingerprint density at radius 2 is 1.70 bits per heavy atom. The van der Waals surface area contributed by atoms with Crippen molar-refractivity contribution < 1.29 is 9.59 Å². The van der Waals surface area contributed by atoms with Crippen molar-refractivity contribution in [3.63, 3.8) is 0 Å². The molecule has 0 aliphatic carbocycles. The van der Waals surface area contributed by atoms with Crippen LogP contribution in [0, 0.1) is 0 Å². The van der Waals surface area contributed by atoms with Gasteiger partial charge in [0.1, 0.15) is 0 Å². The number of hydrogen-bond donors (Lipinski definition) is 1. The summed E-state index contributed by atoms with van der Waals surface area (Å²) in [5.74, 6) is -0.274. The number of nitrogens with zero attached hydrogens (tertiary/aromatic N) is 1. The molecule has 0 radical (unpaired) electrons. The van der Waals surface area contributed by atoms with Gasteiger partial charge in [0.05, 0.1) is 5.56 Å². The molecular weight excluding hydrogens is 356 g/mol. The third-order valence-corrected chi connectivity index (χ3v) is 4.55. The zero-order valence-corrected chi connectivity index (χ0v) is 14.1. The molecule has 1 atom stereocenters. The first-order valence-electron chi connectivity index (χ1n) is 7.50. The molecule has 4 nitrogen and oxygen atoms in total. The minimum atomic E-state index is -0.148. The lowest BCUT2D eigenvalue weighted by atomic mass is 9.97. The highest BCUT2D eigenvalue weighted by Crippen LogP contribution is 2.20. The van der Waals surface area contributed by atoms with Crippen molar-refractivity contribution in [1.29, 1.82) is 0 Å². The van der Waals surface area contributed by atoms with Gasteiger partial charge in [-0.15, -0.1) is 0 Å². The quantitative estimate of drug-likeness (QED) is 0.842. The first-order chi connectivity index (χ1) is 11.1. The molecule has 0 spiro atoms. The molecular formula is C18H17BrN2O2. The van der Waals surface area contributed by atoms with E-state index in [1.165, 1.54) is 0 Å². The molecule has 5 heteroatoms. The van der Waals surface area contributed by atoms with Crippen LogP contribution in [-0.2, 0) is 0 Å². The predicted molar refractivity (Wildman–Crippen MR) is 92.5 cm³/mol. The molecule has 2 aromatic carbocycles. The fourth-order valence-electron chi connectivity index (χ4n) is 2.77. The lowest BCUT2D eigenvalue weighted by Gasteiger charge is -2.17. The molecule has 2 N–H and O–H groups in total. The number of rotatable bonds is 3. The molecule has 3 rings (SSSR count). The molecule has 1 aliphatic rings. The van der Waals surface area contributed by atoms with Crippen LogP contribution in [0.5, 0.6) is 0 Å². The van der Waals surface area contributed by atoms with E-state index in [9.17, 15) is 9.59 Å². The molecule has 1 saturated heterocycles. The number of likely N-dealkylation sites (tertiary alicyclic amines) is 1.